The monoisotopic (exact) mass is 249 g/mol. The summed E-state index contributed by atoms with van der Waals surface area (Å²) in [6, 6.07) is 1.98. The van der Waals surface area contributed by atoms with Gasteiger partial charge in [0.2, 0.25) is 0 Å². The average molecular weight is 249 g/mol. The molecule has 0 aromatic carbocycles. The van der Waals surface area contributed by atoms with Gasteiger partial charge in [-0.15, -0.1) is 11.8 Å². The normalized spacial score (nSPS) is 14.1. The van der Waals surface area contributed by atoms with Gasteiger partial charge in [-0.05, 0) is 12.7 Å². The van der Waals surface area contributed by atoms with Crippen LogP contribution in [0.25, 0.3) is 0 Å². The van der Waals surface area contributed by atoms with Crippen molar-refractivity contribution in [3.63, 3.8) is 0 Å². The zero-order valence-corrected chi connectivity index (χ0v) is 10.4. The lowest BCUT2D eigenvalue weighted by atomic mass is 10.1. The number of thiocarbonyl (C=S) groups is 1. The van der Waals surface area contributed by atoms with Crippen molar-refractivity contribution in [3.8, 4) is 6.07 Å². The molecule has 0 saturated heterocycles. The van der Waals surface area contributed by atoms with Gasteiger partial charge in [0.25, 0.3) is 0 Å². The van der Waals surface area contributed by atoms with Crippen LogP contribution >= 0.6 is 35.7 Å². The van der Waals surface area contributed by atoms with E-state index in [1.807, 2.05) is 13.0 Å². The lowest BCUT2D eigenvalue weighted by Gasteiger charge is -2.17. The fourth-order valence-electron chi connectivity index (χ4n) is 0.718. The van der Waals surface area contributed by atoms with Crippen molar-refractivity contribution in [1.29, 1.82) is 5.26 Å². The number of nitriles is 1. The van der Waals surface area contributed by atoms with E-state index in [0.717, 1.165) is 17.5 Å². The first kappa shape index (κ1) is 13.8. The van der Waals surface area contributed by atoms with Crippen molar-refractivity contribution >= 4 is 45.2 Å². The van der Waals surface area contributed by atoms with Gasteiger partial charge in [-0.2, -0.15) is 5.26 Å². The Kier molecular flexibility index (Phi) is 6.16. The molecule has 1 unspecified atom stereocenters. The van der Waals surface area contributed by atoms with E-state index >= 15 is 0 Å². The second kappa shape index (κ2) is 6.27. The van der Waals surface area contributed by atoms with Gasteiger partial charge in [-0.1, -0.05) is 30.9 Å². The summed E-state index contributed by atoms with van der Waals surface area (Å²) < 4.78 is -0.330. The lowest BCUT2D eigenvalue weighted by molar-refractivity contribution is -0.137. The number of hydrogen-bond donors (Lipinski definition) is 1. The molecule has 0 fully saturated rings. The van der Waals surface area contributed by atoms with Crippen molar-refractivity contribution in [2.75, 3.05) is 5.75 Å². The predicted octanol–water partition coefficient (Wildman–Crippen LogP) is 2.51. The largest absolute Gasteiger partial charge is 0.481 e. The molecule has 0 amide bonds. The number of hydrogen-bond acceptors (Lipinski definition) is 5. The van der Waals surface area contributed by atoms with Crippen molar-refractivity contribution < 1.29 is 9.90 Å². The van der Waals surface area contributed by atoms with Crippen LogP contribution in [-0.4, -0.2) is 25.1 Å². The minimum atomic E-state index is -0.981. The summed E-state index contributed by atoms with van der Waals surface area (Å²) >= 11 is 7.61. The Hall–Kier alpha value is -0.250. The van der Waals surface area contributed by atoms with Gasteiger partial charge in [0.15, 0.2) is 0 Å². The molecule has 0 radical (unpaired) electrons. The summed E-state index contributed by atoms with van der Waals surface area (Å²) in [6.45, 7) is 3.55. The summed E-state index contributed by atoms with van der Waals surface area (Å²) in [5, 5.41) is 17.5. The van der Waals surface area contributed by atoms with Gasteiger partial charge in [-0.3, -0.25) is 4.79 Å². The number of thioether (sulfide) groups is 2. The van der Waals surface area contributed by atoms with E-state index in [0.29, 0.717) is 3.53 Å². The first-order valence-corrected chi connectivity index (χ1v) is 6.13. The average Bonchev–Trinajstić information content (AvgIpc) is 2.02. The third-order valence-corrected chi connectivity index (χ3v) is 3.88. The Labute approximate surface area is 97.2 Å². The summed E-state index contributed by atoms with van der Waals surface area (Å²) in [5.41, 5.74) is 0. The highest BCUT2D eigenvalue weighted by Gasteiger charge is 2.29. The van der Waals surface area contributed by atoms with Crippen molar-refractivity contribution in [3.05, 3.63) is 0 Å². The summed E-state index contributed by atoms with van der Waals surface area (Å²) in [4.78, 5) is 10.5. The number of nitrogens with zero attached hydrogens (tertiary/aromatic N) is 1. The lowest BCUT2D eigenvalue weighted by Crippen LogP contribution is -2.23. The van der Waals surface area contributed by atoms with E-state index < -0.39 is 10.7 Å². The fraction of sp³-hybridized carbons (Fsp3) is 0.625. The third kappa shape index (κ3) is 5.47. The van der Waals surface area contributed by atoms with Crippen LogP contribution in [0.3, 0.4) is 0 Å². The van der Waals surface area contributed by atoms with Crippen molar-refractivity contribution in [2.24, 2.45) is 0 Å². The van der Waals surface area contributed by atoms with Gasteiger partial charge in [0.1, 0.15) is 8.28 Å². The summed E-state index contributed by atoms with van der Waals surface area (Å²) in [6.07, 6.45) is -0.196. The van der Waals surface area contributed by atoms with Gasteiger partial charge in [0, 0.05) is 0 Å². The van der Waals surface area contributed by atoms with E-state index in [4.69, 9.17) is 22.6 Å². The SMILES string of the molecule is CCSC(=S)SC(C)(C#N)CC(=O)O. The van der Waals surface area contributed by atoms with Crippen LogP contribution in [0.15, 0.2) is 0 Å². The van der Waals surface area contributed by atoms with Crippen LogP contribution in [-0.2, 0) is 4.79 Å². The van der Waals surface area contributed by atoms with Gasteiger partial charge < -0.3 is 5.11 Å². The number of carbonyl (C=O) groups is 1. The van der Waals surface area contributed by atoms with Crippen LogP contribution in [0.4, 0.5) is 0 Å². The summed E-state index contributed by atoms with van der Waals surface area (Å²) in [5.74, 6) is -0.147. The minimum Gasteiger partial charge on any atom is -0.481 e. The maximum atomic E-state index is 10.5. The van der Waals surface area contributed by atoms with Crippen LogP contribution in [0.1, 0.15) is 20.3 Å². The first-order valence-electron chi connectivity index (χ1n) is 3.92. The smallest absolute Gasteiger partial charge is 0.305 e. The molecule has 0 aliphatic heterocycles. The first-order chi connectivity index (χ1) is 6.43. The highest BCUT2D eigenvalue weighted by atomic mass is 32.2. The Balaban J connectivity index is 4.34. The molecule has 78 valence electrons. The fourth-order valence-corrected chi connectivity index (χ4v) is 3.61. The summed E-state index contributed by atoms with van der Waals surface area (Å²) in [7, 11) is 0. The van der Waals surface area contributed by atoms with Crippen molar-refractivity contribution in [2.45, 2.75) is 25.0 Å². The Morgan fingerprint density at radius 1 is 1.71 bits per heavy atom. The standard InChI is InChI=1S/C8H11NO2S3/c1-3-13-7(12)14-8(2,5-9)4-6(10)11/h3-4H2,1-2H3,(H,10,11). The molecular weight excluding hydrogens is 238 g/mol. The Morgan fingerprint density at radius 3 is 2.64 bits per heavy atom. The van der Waals surface area contributed by atoms with Crippen LogP contribution in [0.2, 0.25) is 0 Å². The second-order valence-corrected chi connectivity index (χ2v) is 6.67. The zero-order chi connectivity index (χ0) is 11.2. The second-order valence-electron chi connectivity index (χ2n) is 2.70. The van der Waals surface area contributed by atoms with E-state index in [1.54, 1.807) is 6.92 Å². The van der Waals surface area contributed by atoms with Crippen LogP contribution in [0.5, 0.6) is 0 Å². The number of carboxylic acids is 1. The Morgan fingerprint density at radius 2 is 2.29 bits per heavy atom. The van der Waals surface area contributed by atoms with Gasteiger partial charge in [-0.25, -0.2) is 0 Å². The van der Waals surface area contributed by atoms with Crippen molar-refractivity contribution in [1.82, 2.24) is 0 Å². The van der Waals surface area contributed by atoms with E-state index in [-0.39, 0.29) is 6.42 Å². The molecule has 0 aromatic rings. The number of aliphatic carboxylic acids is 1. The number of rotatable bonds is 4. The highest BCUT2D eigenvalue weighted by Crippen LogP contribution is 2.33. The quantitative estimate of drug-likeness (QED) is 0.772. The van der Waals surface area contributed by atoms with Crippen LogP contribution in [0, 0.1) is 11.3 Å². The molecule has 0 rings (SSSR count). The molecule has 0 spiro atoms. The molecule has 0 bridgehead atoms. The third-order valence-electron chi connectivity index (χ3n) is 1.30. The highest BCUT2D eigenvalue weighted by molar-refractivity contribution is 8.47. The van der Waals surface area contributed by atoms with Gasteiger partial charge in [0.05, 0.1) is 12.5 Å². The topological polar surface area (TPSA) is 61.1 Å². The van der Waals surface area contributed by atoms with E-state index in [9.17, 15) is 4.79 Å². The zero-order valence-electron chi connectivity index (χ0n) is 7.94. The molecule has 0 heterocycles. The molecule has 14 heavy (non-hydrogen) atoms. The molecular formula is C8H11NO2S3. The van der Waals surface area contributed by atoms with Gasteiger partial charge >= 0.3 is 5.97 Å². The molecule has 1 N–H and O–H groups in total. The molecule has 1 atom stereocenters. The molecule has 0 saturated carbocycles. The minimum absolute atomic E-state index is 0.196. The number of carboxylic acid groups (broad SMARTS) is 1. The molecule has 0 aromatic heterocycles. The maximum absolute atomic E-state index is 10.5. The predicted molar refractivity (Wildman–Crippen MR) is 64.6 cm³/mol. The van der Waals surface area contributed by atoms with E-state index in [2.05, 4.69) is 0 Å². The molecule has 0 aliphatic rings. The van der Waals surface area contributed by atoms with Crippen LogP contribution < -0.4 is 0 Å². The van der Waals surface area contributed by atoms with E-state index in [1.165, 1.54) is 11.8 Å². The molecule has 3 nitrogen and oxygen atoms in total. The molecule has 6 heteroatoms. The molecule has 0 aliphatic carbocycles. The Bertz CT molecular complexity index is 274. The maximum Gasteiger partial charge on any atom is 0.305 e.